The second-order valence-electron chi connectivity index (χ2n) is 4.08. The van der Waals surface area contributed by atoms with E-state index in [0.29, 0.717) is 12.0 Å². The van der Waals surface area contributed by atoms with Crippen molar-refractivity contribution in [3.05, 3.63) is 11.4 Å². The average Bonchev–Trinajstić information content (AvgIpc) is 3.03. The van der Waals surface area contributed by atoms with E-state index in [1.165, 1.54) is 0 Å². The van der Waals surface area contributed by atoms with Gasteiger partial charge in [-0.1, -0.05) is 5.21 Å². The number of nitrogens with zero attached hydrogens (tertiary/aromatic N) is 3. The third-order valence-corrected chi connectivity index (χ3v) is 2.79. The first-order valence-corrected chi connectivity index (χ1v) is 4.95. The van der Waals surface area contributed by atoms with Gasteiger partial charge in [0.25, 0.3) is 0 Å². The van der Waals surface area contributed by atoms with Crippen molar-refractivity contribution in [3.63, 3.8) is 0 Å². The van der Waals surface area contributed by atoms with E-state index in [0.717, 1.165) is 31.4 Å². The van der Waals surface area contributed by atoms with Crippen molar-refractivity contribution in [3.8, 4) is 0 Å². The van der Waals surface area contributed by atoms with Gasteiger partial charge in [-0.05, 0) is 25.7 Å². The van der Waals surface area contributed by atoms with Crippen LogP contribution in [0.4, 0.5) is 0 Å². The van der Waals surface area contributed by atoms with Gasteiger partial charge >= 0.3 is 5.97 Å². The first-order valence-electron chi connectivity index (χ1n) is 4.95. The maximum Gasteiger partial charge on any atom is 0.358 e. The standard InChI is InChI=1S/C9H11N3O2/c13-9(14)7-8(5-1-2-5)12(11-10-7)6-3-4-6/h5-6H,1-4H2,(H,13,14). The van der Waals surface area contributed by atoms with E-state index in [2.05, 4.69) is 10.3 Å². The molecule has 3 rings (SSSR count). The van der Waals surface area contributed by atoms with Crippen molar-refractivity contribution < 1.29 is 9.90 Å². The third-order valence-electron chi connectivity index (χ3n) is 2.79. The molecule has 0 spiro atoms. The van der Waals surface area contributed by atoms with Crippen molar-refractivity contribution in [1.29, 1.82) is 0 Å². The number of hydrogen-bond donors (Lipinski definition) is 1. The smallest absolute Gasteiger partial charge is 0.358 e. The molecule has 0 aliphatic heterocycles. The molecule has 2 aliphatic rings. The van der Waals surface area contributed by atoms with Crippen LogP contribution in [0.5, 0.6) is 0 Å². The lowest BCUT2D eigenvalue weighted by atomic mass is 10.2. The van der Waals surface area contributed by atoms with Crippen molar-refractivity contribution >= 4 is 5.97 Å². The summed E-state index contributed by atoms with van der Waals surface area (Å²) in [5.41, 5.74) is 1.03. The lowest BCUT2D eigenvalue weighted by Gasteiger charge is -2.02. The summed E-state index contributed by atoms with van der Waals surface area (Å²) in [5.74, 6) is -0.546. The van der Waals surface area contributed by atoms with E-state index in [1.807, 2.05) is 4.68 Å². The molecule has 0 bridgehead atoms. The van der Waals surface area contributed by atoms with Crippen LogP contribution in [0.25, 0.3) is 0 Å². The molecule has 0 aromatic carbocycles. The van der Waals surface area contributed by atoms with Gasteiger partial charge < -0.3 is 5.11 Å². The van der Waals surface area contributed by atoms with Crippen LogP contribution >= 0.6 is 0 Å². The minimum absolute atomic E-state index is 0.166. The lowest BCUT2D eigenvalue weighted by Crippen LogP contribution is -2.05. The van der Waals surface area contributed by atoms with E-state index in [-0.39, 0.29) is 5.69 Å². The zero-order valence-corrected chi connectivity index (χ0v) is 7.68. The second kappa shape index (κ2) is 2.56. The maximum absolute atomic E-state index is 10.9. The van der Waals surface area contributed by atoms with Gasteiger partial charge in [0, 0.05) is 5.92 Å². The summed E-state index contributed by atoms with van der Waals surface area (Å²) in [7, 11) is 0. The summed E-state index contributed by atoms with van der Waals surface area (Å²) >= 11 is 0. The monoisotopic (exact) mass is 193 g/mol. The fourth-order valence-electron chi connectivity index (χ4n) is 1.78. The molecule has 0 unspecified atom stereocenters. The quantitative estimate of drug-likeness (QED) is 0.782. The van der Waals surface area contributed by atoms with Gasteiger partial charge in [-0.2, -0.15) is 0 Å². The molecule has 14 heavy (non-hydrogen) atoms. The number of hydrogen-bond acceptors (Lipinski definition) is 3. The van der Waals surface area contributed by atoms with Crippen LogP contribution < -0.4 is 0 Å². The Morgan fingerprint density at radius 1 is 1.36 bits per heavy atom. The van der Waals surface area contributed by atoms with E-state index in [9.17, 15) is 4.79 Å². The number of rotatable bonds is 3. The topological polar surface area (TPSA) is 68.0 Å². The molecular formula is C9H11N3O2. The molecule has 0 amide bonds. The summed E-state index contributed by atoms with van der Waals surface area (Å²) in [5, 5.41) is 16.6. The van der Waals surface area contributed by atoms with Gasteiger partial charge in [-0.25, -0.2) is 9.48 Å². The molecule has 5 nitrogen and oxygen atoms in total. The largest absolute Gasteiger partial charge is 0.476 e. The zero-order chi connectivity index (χ0) is 9.71. The molecule has 1 heterocycles. The Labute approximate surface area is 80.7 Å². The van der Waals surface area contributed by atoms with Gasteiger partial charge in [0.15, 0.2) is 5.69 Å². The molecule has 74 valence electrons. The van der Waals surface area contributed by atoms with Crippen molar-refractivity contribution in [1.82, 2.24) is 15.0 Å². The highest BCUT2D eigenvalue weighted by Crippen LogP contribution is 2.45. The Kier molecular flexibility index (Phi) is 1.45. The first kappa shape index (κ1) is 7.96. The van der Waals surface area contributed by atoms with E-state index in [4.69, 9.17) is 5.11 Å². The third kappa shape index (κ3) is 1.12. The van der Waals surface area contributed by atoms with Gasteiger partial charge in [-0.3, -0.25) is 0 Å². The van der Waals surface area contributed by atoms with Gasteiger partial charge in [0.05, 0.1) is 11.7 Å². The van der Waals surface area contributed by atoms with Crippen LogP contribution in [0, 0.1) is 0 Å². The molecular weight excluding hydrogens is 182 g/mol. The normalized spacial score (nSPS) is 21.1. The summed E-state index contributed by atoms with van der Waals surface area (Å²) < 4.78 is 1.83. The second-order valence-corrected chi connectivity index (χ2v) is 4.08. The molecule has 1 aromatic heterocycles. The Hall–Kier alpha value is -1.39. The Balaban J connectivity index is 2.06. The first-order chi connectivity index (χ1) is 6.77. The number of carboxylic acids is 1. The minimum Gasteiger partial charge on any atom is -0.476 e. The van der Waals surface area contributed by atoms with Gasteiger partial charge in [0.2, 0.25) is 0 Å². The SMILES string of the molecule is O=C(O)c1nnn(C2CC2)c1C1CC1. The molecule has 2 aliphatic carbocycles. The fourth-order valence-corrected chi connectivity index (χ4v) is 1.78. The minimum atomic E-state index is -0.946. The van der Waals surface area contributed by atoms with Crippen LogP contribution in [0.1, 0.15) is 53.8 Å². The highest BCUT2D eigenvalue weighted by atomic mass is 16.4. The van der Waals surface area contributed by atoms with Gasteiger partial charge in [0.1, 0.15) is 0 Å². The molecule has 2 fully saturated rings. The summed E-state index contributed by atoms with van der Waals surface area (Å²) in [6.45, 7) is 0. The summed E-state index contributed by atoms with van der Waals surface area (Å²) in [6.07, 6.45) is 4.39. The summed E-state index contributed by atoms with van der Waals surface area (Å²) in [6, 6.07) is 0.422. The number of carbonyl (C=O) groups is 1. The molecule has 2 saturated carbocycles. The Bertz CT molecular complexity index is 391. The predicted molar refractivity (Wildman–Crippen MR) is 47.2 cm³/mol. The fraction of sp³-hybridized carbons (Fsp3) is 0.667. The van der Waals surface area contributed by atoms with Crippen LogP contribution in [0.3, 0.4) is 0 Å². The molecule has 1 aromatic rings. The van der Waals surface area contributed by atoms with Crippen LogP contribution in [-0.2, 0) is 0 Å². The van der Waals surface area contributed by atoms with Gasteiger partial charge in [-0.15, -0.1) is 5.10 Å². The average molecular weight is 193 g/mol. The predicted octanol–water partition coefficient (Wildman–Crippen LogP) is 1.19. The lowest BCUT2D eigenvalue weighted by molar-refractivity contribution is 0.0689. The van der Waals surface area contributed by atoms with Crippen molar-refractivity contribution in [2.75, 3.05) is 0 Å². The molecule has 5 heteroatoms. The maximum atomic E-state index is 10.9. The molecule has 1 N–H and O–H groups in total. The molecule has 0 saturated heterocycles. The van der Waals surface area contributed by atoms with Crippen LogP contribution in [0.2, 0.25) is 0 Å². The van der Waals surface area contributed by atoms with Crippen molar-refractivity contribution in [2.24, 2.45) is 0 Å². The van der Waals surface area contributed by atoms with E-state index in [1.54, 1.807) is 0 Å². The Morgan fingerprint density at radius 2 is 2.07 bits per heavy atom. The summed E-state index contributed by atoms with van der Waals surface area (Å²) in [4.78, 5) is 10.9. The molecule has 0 atom stereocenters. The number of carboxylic acid groups (broad SMARTS) is 1. The van der Waals surface area contributed by atoms with Crippen molar-refractivity contribution in [2.45, 2.75) is 37.6 Å². The highest BCUT2D eigenvalue weighted by Gasteiger charge is 2.38. The molecule has 0 radical (unpaired) electrons. The van der Waals surface area contributed by atoms with E-state index >= 15 is 0 Å². The number of aromatic nitrogens is 3. The van der Waals surface area contributed by atoms with E-state index < -0.39 is 5.97 Å². The van der Waals surface area contributed by atoms with Crippen LogP contribution in [-0.4, -0.2) is 26.1 Å². The zero-order valence-electron chi connectivity index (χ0n) is 7.68. The van der Waals surface area contributed by atoms with Crippen LogP contribution in [0.15, 0.2) is 0 Å². The number of aromatic carboxylic acids is 1. The highest BCUT2D eigenvalue weighted by molar-refractivity contribution is 5.86. The Morgan fingerprint density at radius 3 is 2.57 bits per heavy atom.